The second-order valence-corrected chi connectivity index (χ2v) is 10.3. The Morgan fingerprint density at radius 1 is 0.741 bits per heavy atom. The van der Waals surface area contributed by atoms with Crippen molar-refractivity contribution in [3.05, 3.63) is 60.7 Å². The molecule has 0 bridgehead atoms. The highest BCUT2D eigenvalue weighted by Crippen LogP contribution is 2.55. The fraction of sp³-hybridized carbons (Fsp3) is 0. The molecule has 0 radical (unpaired) electrons. The van der Waals surface area contributed by atoms with Crippen LogP contribution in [0, 0.1) is 0 Å². The summed E-state index contributed by atoms with van der Waals surface area (Å²) in [6.45, 7) is 0. The maximum absolute atomic E-state index is 12.7. The Morgan fingerprint density at radius 3 is 1.59 bits per heavy atom. The first-order valence-corrected chi connectivity index (χ1v) is 12.2. The van der Waals surface area contributed by atoms with Crippen molar-refractivity contribution in [1.29, 1.82) is 0 Å². The van der Waals surface area contributed by atoms with Gasteiger partial charge in [-0.25, -0.2) is 4.57 Å². The van der Waals surface area contributed by atoms with Crippen LogP contribution < -0.4 is 17.9 Å². The van der Waals surface area contributed by atoms with Crippen molar-refractivity contribution in [1.82, 2.24) is 0 Å². The van der Waals surface area contributed by atoms with Gasteiger partial charge >= 0.3 is 7.82 Å². The van der Waals surface area contributed by atoms with Gasteiger partial charge in [0.2, 0.25) is 0 Å². The minimum Gasteiger partial charge on any atom is -0.396 e. The molecule has 0 aromatic heterocycles. The molecular formula is C20H15Al2O4P. The van der Waals surface area contributed by atoms with E-state index in [1.165, 1.54) is 0 Å². The SMILES string of the molecule is O=P1(O)Oc2[c]([AlH2])cc3ccccc3c2-c2c([c]([AlH2])cc3ccccc23)O1. The average molecular weight is 404 g/mol. The number of rotatable bonds is 0. The van der Waals surface area contributed by atoms with Crippen LogP contribution in [-0.2, 0) is 4.57 Å². The molecule has 1 heterocycles. The molecule has 27 heavy (non-hydrogen) atoms. The van der Waals surface area contributed by atoms with E-state index < -0.39 is 7.82 Å². The Hall–Kier alpha value is -1.75. The van der Waals surface area contributed by atoms with Gasteiger partial charge in [-0.2, -0.15) is 0 Å². The summed E-state index contributed by atoms with van der Waals surface area (Å²) in [4.78, 5) is 10.4. The lowest BCUT2D eigenvalue weighted by Crippen LogP contribution is -2.11. The molecule has 0 unspecified atom stereocenters. The molecule has 0 fully saturated rings. The first-order valence-electron chi connectivity index (χ1n) is 8.72. The predicted octanol–water partition coefficient (Wildman–Crippen LogP) is 2.05. The van der Waals surface area contributed by atoms with Gasteiger partial charge in [-0.1, -0.05) is 69.5 Å². The van der Waals surface area contributed by atoms with E-state index in [4.69, 9.17) is 9.05 Å². The second kappa shape index (κ2) is 6.13. The molecule has 0 spiro atoms. The zero-order chi connectivity index (χ0) is 18.8. The molecule has 5 rings (SSSR count). The van der Waals surface area contributed by atoms with Crippen LogP contribution in [0.4, 0.5) is 0 Å². The van der Waals surface area contributed by atoms with Crippen LogP contribution in [0.1, 0.15) is 0 Å². The van der Waals surface area contributed by atoms with E-state index in [-0.39, 0.29) is 0 Å². The van der Waals surface area contributed by atoms with E-state index in [9.17, 15) is 9.46 Å². The Labute approximate surface area is 172 Å². The van der Waals surface area contributed by atoms with Gasteiger partial charge < -0.3 is 9.05 Å². The zero-order valence-electron chi connectivity index (χ0n) is 14.9. The van der Waals surface area contributed by atoms with Gasteiger partial charge in [0.15, 0.2) is 0 Å². The Kier molecular flexibility index (Phi) is 3.94. The maximum atomic E-state index is 12.7. The third-order valence-electron chi connectivity index (χ3n) is 5.04. The molecule has 0 amide bonds. The summed E-state index contributed by atoms with van der Waals surface area (Å²) in [5.41, 5.74) is 1.71. The van der Waals surface area contributed by atoms with E-state index in [1.54, 1.807) is 0 Å². The summed E-state index contributed by atoms with van der Waals surface area (Å²) in [6, 6.07) is 20.2. The van der Waals surface area contributed by atoms with Crippen LogP contribution in [0.15, 0.2) is 60.7 Å². The van der Waals surface area contributed by atoms with Crippen molar-refractivity contribution in [3.8, 4) is 22.6 Å². The van der Waals surface area contributed by atoms with E-state index in [1.807, 2.05) is 48.5 Å². The monoisotopic (exact) mass is 404 g/mol. The van der Waals surface area contributed by atoms with E-state index in [0.717, 1.165) is 41.5 Å². The number of fused-ring (bicyclic) bond motifs is 7. The fourth-order valence-electron chi connectivity index (χ4n) is 3.92. The number of phosphoric acid groups is 1. The van der Waals surface area contributed by atoms with Crippen LogP contribution in [0.3, 0.4) is 0 Å². The van der Waals surface area contributed by atoms with Crippen LogP contribution in [0.25, 0.3) is 32.7 Å². The van der Waals surface area contributed by atoms with Gasteiger partial charge in [0.25, 0.3) is 32.6 Å². The van der Waals surface area contributed by atoms with Crippen molar-refractivity contribution in [3.63, 3.8) is 0 Å². The minimum absolute atomic E-state index is 0.474. The molecule has 4 nitrogen and oxygen atoms in total. The molecule has 4 aromatic rings. The van der Waals surface area contributed by atoms with Gasteiger partial charge in [0.05, 0.1) is 0 Å². The van der Waals surface area contributed by atoms with Crippen molar-refractivity contribution < 1.29 is 18.5 Å². The third-order valence-corrected chi connectivity index (χ3v) is 7.35. The van der Waals surface area contributed by atoms with Gasteiger partial charge in [-0.05, 0) is 21.5 Å². The lowest BCUT2D eigenvalue weighted by atomic mass is 9.92. The highest BCUT2D eigenvalue weighted by Gasteiger charge is 2.35. The molecule has 0 saturated carbocycles. The Morgan fingerprint density at radius 2 is 1.15 bits per heavy atom. The zero-order valence-corrected chi connectivity index (χ0v) is 19.8. The third kappa shape index (κ3) is 2.74. The lowest BCUT2D eigenvalue weighted by molar-refractivity contribution is 0.296. The smallest absolute Gasteiger partial charge is 0.396 e. The summed E-state index contributed by atoms with van der Waals surface area (Å²) in [5, 5.41) is 4.18. The Balaban J connectivity index is 2.08. The summed E-state index contributed by atoms with van der Waals surface area (Å²) in [6.07, 6.45) is 0. The fourth-order valence-corrected chi connectivity index (χ4v) is 6.56. The molecule has 7 heteroatoms. The summed E-state index contributed by atoms with van der Waals surface area (Å²) < 4.78 is 25.8. The van der Waals surface area contributed by atoms with Crippen molar-refractivity contribution in [2.45, 2.75) is 0 Å². The van der Waals surface area contributed by atoms with Gasteiger partial charge in [0, 0.05) is 11.1 Å². The number of hydrogen-bond donors (Lipinski definition) is 1. The van der Waals surface area contributed by atoms with Crippen LogP contribution in [-0.4, -0.2) is 37.5 Å². The van der Waals surface area contributed by atoms with Gasteiger partial charge in [-0.3, -0.25) is 4.89 Å². The second-order valence-electron chi connectivity index (χ2n) is 6.89. The molecule has 1 N–H and O–H groups in total. The largest absolute Gasteiger partial charge is 0.584 e. The molecule has 1 aliphatic heterocycles. The van der Waals surface area contributed by atoms with E-state index in [0.29, 0.717) is 44.1 Å². The number of hydrogen-bond acceptors (Lipinski definition) is 3. The molecule has 0 aliphatic carbocycles. The molecule has 0 saturated heterocycles. The number of benzene rings is 4. The van der Waals surface area contributed by atoms with Crippen molar-refractivity contribution in [2.24, 2.45) is 0 Å². The highest BCUT2D eigenvalue weighted by molar-refractivity contribution is 7.48. The molecular weight excluding hydrogens is 389 g/mol. The Bertz CT molecular complexity index is 1210. The normalized spacial score (nSPS) is 14.7. The first-order chi connectivity index (χ1) is 12.9. The highest BCUT2D eigenvalue weighted by atomic mass is 31.2. The van der Waals surface area contributed by atoms with Gasteiger partial charge in [-0.15, -0.1) is 0 Å². The number of phosphoric ester groups is 1. The average Bonchev–Trinajstić information content (AvgIpc) is 2.76. The van der Waals surface area contributed by atoms with Crippen LogP contribution in [0.2, 0.25) is 0 Å². The van der Waals surface area contributed by atoms with Crippen molar-refractivity contribution >= 4 is 70.8 Å². The standard InChI is InChI=1S/C20H11O4P.2Al.4H/c21-25(22)23-17-11-9-13-5-1-3-7-15(13)19(17)20-16-8-4-2-6-14(16)10-12-18(20)24-25;;;;;;/h1-10H,(H,21,22);;;;;;. The van der Waals surface area contributed by atoms with Crippen molar-refractivity contribution in [2.75, 3.05) is 0 Å². The van der Waals surface area contributed by atoms with Crippen LogP contribution >= 0.6 is 7.82 Å². The summed E-state index contributed by atoms with van der Waals surface area (Å²) >= 11 is 1.37. The lowest BCUT2D eigenvalue weighted by Gasteiger charge is -2.16. The predicted molar refractivity (Wildman–Crippen MR) is 114 cm³/mol. The molecule has 130 valence electrons. The summed E-state index contributed by atoms with van der Waals surface area (Å²) in [5.74, 6) is 0.949. The molecule has 4 aromatic carbocycles. The quantitative estimate of drug-likeness (QED) is 0.360. The maximum Gasteiger partial charge on any atom is 0.584 e. The molecule has 0 atom stereocenters. The summed E-state index contributed by atoms with van der Waals surface area (Å²) in [7, 11) is -4.26. The minimum atomic E-state index is -4.26. The first kappa shape index (κ1) is 17.4. The van der Waals surface area contributed by atoms with E-state index in [2.05, 4.69) is 12.1 Å². The topological polar surface area (TPSA) is 55.8 Å². The molecule has 1 aliphatic rings. The van der Waals surface area contributed by atoms with E-state index >= 15 is 0 Å². The van der Waals surface area contributed by atoms with Crippen LogP contribution in [0.5, 0.6) is 11.5 Å². The van der Waals surface area contributed by atoms with Gasteiger partial charge in [0.1, 0.15) is 11.5 Å².